The number of fused-ring (bicyclic) bond motifs is 1. The first kappa shape index (κ1) is 12.7. The van der Waals surface area contributed by atoms with Crippen molar-refractivity contribution in [1.29, 1.82) is 0 Å². The first-order valence-corrected chi connectivity index (χ1v) is 7.43. The highest BCUT2D eigenvalue weighted by Crippen LogP contribution is 2.30. The predicted molar refractivity (Wildman–Crippen MR) is 79.1 cm³/mol. The van der Waals surface area contributed by atoms with Gasteiger partial charge in [0.05, 0.1) is 17.1 Å². The van der Waals surface area contributed by atoms with Crippen LogP contribution in [-0.2, 0) is 0 Å². The number of hydrogen-bond acceptors (Lipinski definition) is 2. The van der Waals surface area contributed by atoms with E-state index in [2.05, 4.69) is 41.3 Å². The highest BCUT2D eigenvalue weighted by atomic mass is 15.0. The van der Waals surface area contributed by atoms with Crippen LogP contribution in [-0.4, -0.2) is 16.0 Å². The summed E-state index contributed by atoms with van der Waals surface area (Å²) in [5, 5.41) is 3.66. The third-order valence-corrected chi connectivity index (χ3v) is 4.26. The van der Waals surface area contributed by atoms with E-state index in [9.17, 15) is 0 Å². The van der Waals surface area contributed by atoms with Gasteiger partial charge in [-0.05, 0) is 38.3 Å². The molecule has 1 aliphatic carbocycles. The smallest absolute Gasteiger partial charge is 0.124 e. The van der Waals surface area contributed by atoms with Crippen LogP contribution in [0.3, 0.4) is 0 Å². The lowest BCUT2D eigenvalue weighted by Gasteiger charge is -2.29. The Bertz CT molecular complexity index is 509. The summed E-state index contributed by atoms with van der Waals surface area (Å²) in [6.45, 7) is 4.48. The molecular formula is C16H23N3. The summed E-state index contributed by atoms with van der Waals surface area (Å²) in [6.07, 6.45) is 5.57. The highest BCUT2D eigenvalue weighted by molar-refractivity contribution is 5.74. The topological polar surface area (TPSA) is 40.7 Å². The zero-order valence-electron chi connectivity index (χ0n) is 11.8. The molecule has 102 valence electrons. The molecule has 0 bridgehead atoms. The van der Waals surface area contributed by atoms with Crippen LogP contribution < -0.4 is 5.32 Å². The van der Waals surface area contributed by atoms with Crippen LogP contribution in [0.2, 0.25) is 0 Å². The fourth-order valence-electron chi connectivity index (χ4n) is 2.98. The molecule has 0 amide bonds. The number of para-hydroxylation sites is 2. The van der Waals surface area contributed by atoms with Gasteiger partial charge >= 0.3 is 0 Å². The largest absolute Gasteiger partial charge is 0.341 e. The summed E-state index contributed by atoms with van der Waals surface area (Å²) in [7, 11) is 0. The molecule has 3 rings (SSSR count). The second-order valence-corrected chi connectivity index (χ2v) is 5.96. The molecule has 1 heterocycles. The summed E-state index contributed by atoms with van der Waals surface area (Å²) < 4.78 is 0. The van der Waals surface area contributed by atoms with E-state index in [-0.39, 0.29) is 6.04 Å². The first-order chi connectivity index (χ1) is 9.22. The molecule has 19 heavy (non-hydrogen) atoms. The van der Waals surface area contributed by atoms with E-state index in [4.69, 9.17) is 0 Å². The molecule has 1 fully saturated rings. The Morgan fingerprint density at radius 2 is 2.11 bits per heavy atom. The van der Waals surface area contributed by atoms with Gasteiger partial charge in [-0.3, -0.25) is 0 Å². The molecule has 0 radical (unpaired) electrons. The molecule has 1 aromatic heterocycles. The van der Waals surface area contributed by atoms with Crippen molar-refractivity contribution in [3.8, 4) is 0 Å². The molecule has 3 nitrogen and oxygen atoms in total. The number of hydrogen-bond donors (Lipinski definition) is 2. The third-order valence-electron chi connectivity index (χ3n) is 4.26. The molecule has 2 aromatic rings. The maximum atomic E-state index is 4.66. The van der Waals surface area contributed by atoms with Crippen molar-refractivity contribution in [2.24, 2.45) is 5.92 Å². The molecule has 2 N–H and O–H groups in total. The van der Waals surface area contributed by atoms with Crippen molar-refractivity contribution in [2.45, 2.75) is 51.6 Å². The summed E-state index contributed by atoms with van der Waals surface area (Å²) in [6, 6.07) is 9.05. The average molecular weight is 257 g/mol. The van der Waals surface area contributed by atoms with Crippen molar-refractivity contribution in [1.82, 2.24) is 15.3 Å². The van der Waals surface area contributed by atoms with Gasteiger partial charge in [0.2, 0.25) is 0 Å². The van der Waals surface area contributed by atoms with Gasteiger partial charge < -0.3 is 10.3 Å². The molecule has 0 aliphatic heterocycles. The Morgan fingerprint density at radius 3 is 2.79 bits per heavy atom. The maximum Gasteiger partial charge on any atom is 0.124 e. The van der Waals surface area contributed by atoms with Gasteiger partial charge in [-0.25, -0.2) is 4.98 Å². The van der Waals surface area contributed by atoms with Gasteiger partial charge in [0.1, 0.15) is 5.82 Å². The fourth-order valence-corrected chi connectivity index (χ4v) is 2.98. The van der Waals surface area contributed by atoms with Crippen LogP contribution in [0, 0.1) is 5.92 Å². The third kappa shape index (κ3) is 2.81. The van der Waals surface area contributed by atoms with Crippen molar-refractivity contribution < 1.29 is 0 Å². The van der Waals surface area contributed by atoms with Crippen molar-refractivity contribution in [3.63, 3.8) is 0 Å². The van der Waals surface area contributed by atoms with Crippen molar-refractivity contribution in [3.05, 3.63) is 30.1 Å². The van der Waals surface area contributed by atoms with E-state index < -0.39 is 0 Å². The average Bonchev–Trinajstić information content (AvgIpc) is 2.77. The van der Waals surface area contributed by atoms with Crippen LogP contribution in [0.25, 0.3) is 11.0 Å². The van der Waals surface area contributed by atoms with Gasteiger partial charge in [0, 0.05) is 6.04 Å². The number of nitrogens with one attached hydrogen (secondary N) is 2. The van der Waals surface area contributed by atoms with Crippen LogP contribution in [0.5, 0.6) is 0 Å². The lowest BCUT2D eigenvalue weighted by Crippen LogP contribution is -2.32. The molecule has 1 aromatic carbocycles. The molecule has 2 atom stereocenters. The Balaban J connectivity index is 1.63. The highest BCUT2D eigenvalue weighted by Gasteiger charge is 2.21. The van der Waals surface area contributed by atoms with E-state index >= 15 is 0 Å². The van der Waals surface area contributed by atoms with Crippen LogP contribution in [0.15, 0.2) is 24.3 Å². The van der Waals surface area contributed by atoms with E-state index in [0.29, 0.717) is 6.04 Å². The Labute approximate surface area is 114 Å². The quantitative estimate of drug-likeness (QED) is 0.855. The van der Waals surface area contributed by atoms with Crippen LogP contribution >= 0.6 is 0 Å². The van der Waals surface area contributed by atoms with E-state index in [1.54, 1.807) is 0 Å². The summed E-state index contributed by atoms with van der Waals surface area (Å²) >= 11 is 0. The number of benzene rings is 1. The summed E-state index contributed by atoms with van der Waals surface area (Å²) in [5.74, 6) is 1.99. The van der Waals surface area contributed by atoms with Crippen molar-refractivity contribution in [2.75, 3.05) is 0 Å². The number of aromatic amines is 1. The zero-order valence-corrected chi connectivity index (χ0v) is 11.8. The molecular weight excluding hydrogens is 234 g/mol. The number of nitrogens with zero attached hydrogens (tertiary/aromatic N) is 1. The molecule has 1 aliphatic rings. The maximum absolute atomic E-state index is 4.66. The Morgan fingerprint density at radius 1 is 1.32 bits per heavy atom. The zero-order chi connectivity index (χ0) is 13.2. The van der Waals surface area contributed by atoms with Gasteiger partial charge in [-0.15, -0.1) is 0 Å². The minimum atomic E-state index is 0.280. The number of aromatic nitrogens is 2. The molecule has 3 heteroatoms. The van der Waals surface area contributed by atoms with E-state index in [1.165, 1.54) is 25.7 Å². The summed E-state index contributed by atoms with van der Waals surface area (Å²) in [5.41, 5.74) is 2.18. The summed E-state index contributed by atoms with van der Waals surface area (Å²) in [4.78, 5) is 8.07. The lowest BCUT2D eigenvalue weighted by atomic mass is 9.81. The predicted octanol–water partition coefficient (Wildman–Crippen LogP) is 3.79. The number of H-pyrrole nitrogens is 1. The lowest BCUT2D eigenvalue weighted by molar-refractivity contribution is 0.258. The first-order valence-electron chi connectivity index (χ1n) is 7.43. The SMILES string of the molecule is CC(CC1CCC1)NC(C)c1nc2ccccc2[nH]1. The Hall–Kier alpha value is -1.35. The second kappa shape index (κ2) is 5.33. The van der Waals surface area contributed by atoms with Gasteiger partial charge in [-0.1, -0.05) is 31.4 Å². The minimum Gasteiger partial charge on any atom is -0.341 e. The standard InChI is InChI=1S/C16H23N3/c1-11(10-13-6-5-7-13)17-12(2)16-18-14-8-3-4-9-15(14)19-16/h3-4,8-9,11-13,17H,5-7,10H2,1-2H3,(H,18,19). The Kier molecular flexibility index (Phi) is 3.56. The van der Waals surface area contributed by atoms with Crippen molar-refractivity contribution >= 4 is 11.0 Å². The normalized spacial score (nSPS) is 19.3. The molecule has 0 saturated heterocycles. The fraction of sp³-hybridized carbons (Fsp3) is 0.562. The molecule has 1 saturated carbocycles. The van der Waals surface area contributed by atoms with Crippen LogP contribution in [0.4, 0.5) is 0 Å². The monoisotopic (exact) mass is 257 g/mol. The second-order valence-electron chi connectivity index (χ2n) is 5.96. The molecule has 2 unspecified atom stereocenters. The van der Waals surface area contributed by atoms with Crippen LogP contribution in [0.1, 0.15) is 51.4 Å². The van der Waals surface area contributed by atoms with E-state index in [0.717, 1.165) is 22.8 Å². The van der Waals surface area contributed by atoms with Gasteiger partial charge in [0.15, 0.2) is 0 Å². The minimum absolute atomic E-state index is 0.280. The van der Waals surface area contributed by atoms with E-state index in [1.807, 2.05) is 12.1 Å². The molecule has 0 spiro atoms. The number of rotatable bonds is 5. The number of imidazole rings is 1. The van der Waals surface area contributed by atoms with Gasteiger partial charge in [-0.2, -0.15) is 0 Å². The van der Waals surface area contributed by atoms with Gasteiger partial charge in [0.25, 0.3) is 0 Å².